The molecular formula is C11H17N3O3. The predicted molar refractivity (Wildman–Crippen MR) is 62.3 cm³/mol. The van der Waals surface area contributed by atoms with E-state index in [1.807, 2.05) is 6.92 Å². The van der Waals surface area contributed by atoms with Crippen LogP contribution in [0.1, 0.15) is 19.8 Å². The lowest BCUT2D eigenvalue weighted by Crippen LogP contribution is -2.52. The van der Waals surface area contributed by atoms with E-state index >= 15 is 0 Å². The maximum Gasteiger partial charge on any atom is 0.269 e. The third-order valence-electron chi connectivity index (χ3n) is 2.55. The van der Waals surface area contributed by atoms with Crippen LogP contribution in [0.5, 0.6) is 0 Å². The van der Waals surface area contributed by atoms with Gasteiger partial charge in [-0.1, -0.05) is 6.92 Å². The van der Waals surface area contributed by atoms with E-state index in [0.717, 1.165) is 0 Å². The summed E-state index contributed by atoms with van der Waals surface area (Å²) < 4.78 is 0. The SMILES string of the molecule is CCCC(=O)C1C(=O)N=C(N(C)C)N(C)C1=O. The molecule has 0 aromatic carbocycles. The Morgan fingerprint density at radius 2 is 2.00 bits per heavy atom. The number of rotatable bonds is 3. The predicted octanol–water partition coefficient (Wildman–Crippen LogP) is -0.112. The maximum absolute atomic E-state index is 11.9. The highest BCUT2D eigenvalue weighted by Crippen LogP contribution is 2.16. The zero-order valence-electron chi connectivity index (χ0n) is 10.6. The molecule has 1 heterocycles. The van der Waals surface area contributed by atoms with Crippen molar-refractivity contribution in [2.45, 2.75) is 19.8 Å². The standard InChI is InChI=1S/C11H17N3O3/c1-5-6-7(15)8-9(16)12-11(13(2)3)14(4)10(8)17/h8H,5-6H2,1-4H3. The van der Waals surface area contributed by atoms with Crippen LogP contribution in [-0.4, -0.2) is 54.5 Å². The first kappa shape index (κ1) is 13.3. The van der Waals surface area contributed by atoms with Crippen molar-refractivity contribution in [3.8, 4) is 0 Å². The molecule has 0 aliphatic carbocycles. The van der Waals surface area contributed by atoms with Gasteiger partial charge in [0.15, 0.2) is 11.7 Å². The molecule has 0 aromatic heterocycles. The number of aliphatic imine (C=N–C) groups is 1. The van der Waals surface area contributed by atoms with Crippen LogP contribution in [0.4, 0.5) is 0 Å². The Morgan fingerprint density at radius 3 is 2.47 bits per heavy atom. The molecule has 6 nitrogen and oxygen atoms in total. The van der Waals surface area contributed by atoms with E-state index in [9.17, 15) is 14.4 Å². The molecule has 0 bridgehead atoms. The van der Waals surface area contributed by atoms with Crippen molar-refractivity contribution < 1.29 is 14.4 Å². The normalized spacial score (nSPS) is 20.4. The van der Waals surface area contributed by atoms with Crippen molar-refractivity contribution in [1.82, 2.24) is 9.80 Å². The Bertz CT molecular complexity index is 387. The molecule has 6 heteroatoms. The second kappa shape index (κ2) is 5.07. The van der Waals surface area contributed by atoms with Crippen molar-refractivity contribution in [2.75, 3.05) is 21.1 Å². The van der Waals surface area contributed by atoms with Crippen molar-refractivity contribution in [3.05, 3.63) is 0 Å². The topological polar surface area (TPSA) is 70.1 Å². The highest BCUT2D eigenvalue weighted by atomic mass is 16.2. The lowest BCUT2D eigenvalue weighted by molar-refractivity contribution is -0.144. The number of hydrogen-bond acceptors (Lipinski definition) is 4. The lowest BCUT2D eigenvalue weighted by atomic mass is 9.97. The molecule has 2 amide bonds. The van der Waals surface area contributed by atoms with Crippen LogP contribution in [0.2, 0.25) is 0 Å². The fraction of sp³-hybridized carbons (Fsp3) is 0.636. The minimum Gasteiger partial charge on any atom is -0.348 e. The molecule has 0 spiro atoms. The van der Waals surface area contributed by atoms with E-state index in [2.05, 4.69) is 4.99 Å². The third-order valence-corrected chi connectivity index (χ3v) is 2.55. The molecule has 94 valence electrons. The monoisotopic (exact) mass is 239 g/mol. The Balaban J connectivity index is 3.03. The number of carbonyl (C=O) groups excluding carboxylic acids is 3. The van der Waals surface area contributed by atoms with E-state index in [1.165, 1.54) is 11.9 Å². The largest absolute Gasteiger partial charge is 0.348 e. The summed E-state index contributed by atoms with van der Waals surface area (Å²) in [5.41, 5.74) is 0. The molecule has 0 fully saturated rings. The molecular weight excluding hydrogens is 222 g/mol. The summed E-state index contributed by atoms with van der Waals surface area (Å²) in [4.78, 5) is 41.9. The molecule has 1 rings (SSSR count). The molecule has 0 saturated carbocycles. The van der Waals surface area contributed by atoms with Crippen molar-refractivity contribution in [3.63, 3.8) is 0 Å². The van der Waals surface area contributed by atoms with Gasteiger partial charge in [0.25, 0.3) is 5.91 Å². The molecule has 0 radical (unpaired) electrons. The van der Waals surface area contributed by atoms with Gasteiger partial charge in [-0.3, -0.25) is 19.3 Å². The quantitative estimate of drug-likeness (QED) is 0.644. The van der Waals surface area contributed by atoms with Crippen LogP contribution >= 0.6 is 0 Å². The van der Waals surface area contributed by atoms with Crippen LogP contribution in [0.3, 0.4) is 0 Å². The van der Waals surface area contributed by atoms with Crippen LogP contribution in [0.15, 0.2) is 4.99 Å². The summed E-state index contributed by atoms with van der Waals surface area (Å²) in [6, 6.07) is 0. The van der Waals surface area contributed by atoms with Gasteiger partial charge < -0.3 is 4.90 Å². The van der Waals surface area contributed by atoms with E-state index in [4.69, 9.17) is 0 Å². The zero-order chi connectivity index (χ0) is 13.2. The minimum atomic E-state index is -1.25. The molecule has 1 aliphatic heterocycles. The number of amides is 2. The lowest BCUT2D eigenvalue weighted by Gasteiger charge is -2.30. The number of Topliss-reactive ketones (excluding diaryl/α,β-unsaturated/α-hetero) is 1. The van der Waals surface area contributed by atoms with Gasteiger partial charge in [0.05, 0.1) is 0 Å². The van der Waals surface area contributed by atoms with E-state index in [0.29, 0.717) is 6.42 Å². The van der Waals surface area contributed by atoms with Gasteiger partial charge in [-0.05, 0) is 6.42 Å². The van der Waals surface area contributed by atoms with Crippen LogP contribution in [0.25, 0.3) is 0 Å². The van der Waals surface area contributed by atoms with E-state index in [1.54, 1.807) is 19.0 Å². The average molecular weight is 239 g/mol. The Kier molecular flexibility index (Phi) is 3.98. The second-order valence-corrected chi connectivity index (χ2v) is 4.19. The maximum atomic E-state index is 11.9. The van der Waals surface area contributed by atoms with Gasteiger partial charge >= 0.3 is 0 Å². The Hall–Kier alpha value is -1.72. The fourth-order valence-corrected chi connectivity index (χ4v) is 1.70. The van der Waals surface area contributed by atoms with Crippen LogP contribution in [-0.2, 0) is 14.4 Å². The third kappa shape index (κ3) is 2.51. The number of guanidine groups is 1. The smallest absolute Gasteiger partial charge is 0.269 e. The Morgan fingerprint density at radius 1 is 1.41 bits per heavy atom. The molecule has 0 saturated heterocycles. The highest BCUT2D eigenvalue weighted by Gasteiger charge is 2.40. The molecule has 1 unspecified atom stereocenters. The molecule has 1 aliphatic rings. The average Bonchev–Trinajstić information content (AvgIpc) is 2.23. The molecule has 1 atom stereocenters. The highest BCUT2D eigenvalue weighted by molar-refractivity contribution is 6.25. The van der Waals surface area contributed by atoms with Crippen LogP contribution < -0.4 is 0 Å². The van der Waals surface area contributed by atoms with E-state index in [-0.39, 0.29) is 18.2 Å². The van der Waals surface area contributed by atoms with Gasteiger partial charge in [0.1, 0.15) is 0 Å². The first-order valence-corrected chi connectivity index (χ1v) is 5.50. The van der Waals surface area contributed by atoms with Crippen molar-refractivity contribution >= 4 is 23.6 Å². The molecule has 17 heavy (non-hydrogen) atoms. The summed E-state index contributed by atoms with van der Waals surface area (Å²) in [5, 5.41) is 0. The molecule has 0 aromatic rings. The molecule has 0 N–H and O–H groups in total. The first-order valence-electron chi connectivity index (χ1n) is 5.50. The van der Waals surface area contributed by atoms with Gasteiger partial charge in [-0.15, -0.1) is 0 Å². The fourth-order valence-electron chi connectivity index (χ4n) is 1.70. The first-order chi connectivity index (χ1) is 7.90. The number of hydrogen-bond donors (Lipinski definition) is 0. The van der Waals surface area contributed by atoms with Gasteiger partial charge in [0.2, 0.25) is 11.9 Å². The van der Waals surface area contributed by atoms with Gasteiger partial charge in [-0.25, -0.2) is 0 Å². The second-order valence-electron chi connectivity index (χ2n) is 4.19. The number of nitrogens with zero attached hydrogens (tertiary/aromatic N) is 3. The van der Waals surface area contributed by atoms with E-state index < -0.39 is 17.7 Å². The van der Waals surface area contributed by atoms with Crippen LogP contribution in [0, 0.1) is 5.92 Å². The summed E-state index contributed by atoms with van der Waals surface area (Å²) >= 11 is 0. The summed E-state index contributed by atoms with van der Waals surface area (Å²) in [6.45, 7) is 1.83. The zero-order valence-corrected chi connectivity index (χ0v) is 10.6. The summed E-state index contributed by atoms with van der Waals surface area (Å²) in [7, 11) is 4.88. The minimum absolute atomic E-state index is 0.225. The summed E-state index contributed by atoms with van der Waals surface area (Å²) in [6.07, 6.45) is 0.840. The summed E-state index contributed by atoms with van der Waals surface area (Å²) in [5.74, 6) is -2.48. The Labute approximate surface area is 100 Å². The number of ketones is 1. The van der Waals surface area contributed by atoms with Crippen molar-refractivity contribution in [2.24, 2.45) is 10.9 Å². The van der Waals surface area contributed by atoms with Gasteiger partial charge in [-0.2, -0.15) is 4.99 Å². The number of carbonyl (C=O) groups is 3. The van der Waals surface area contributed by atoms with Crippen molar-refractivity contribution in [1.29, 1.82) is 0 Å². The van der Waals surface area contributed by atoms with Gasteiger partial charge in [0, 0.05) is 27.6 Å².